The summed E-state index contributed by atoms with van der Waals surface area (Å²) in [5, 5.41) is 11.0. The smallest absolute Gasteiger partial charge is 0.335 e. The number of hydrogen-bond donors (Lipinski definition) is 1. The Labute approximate surface area is 100 Å². The van der Waals surface area contributed by atoms with Crippen LogP contribution in [0, 0.1) is 0 Å². The van der Waals surface area contributed by atoms with Gasteiger partial charge in [-0.25, -0.2) is 4.79 Å². The first-order chi connectivity index (χ1) is 8.06. The third-order valence-corrected chi connectivity index (χ3v) is 2.75. The van der Waals surface area contributed by atoms with E-state index in [-0.39, 0.29) is 0 Å². The topological polar surface area (TPSA) is 45.5 Å². The molecule has 1 aromatic carbocycles. The van der Waals surface area contributed by atoms with E-state index in [4.69, 9.17) is 5.11 Å². The molecule has 0 aliphatic rings. The Morgan fingerprint density at radius 2 is 2.00 bits per heavy atom. The molecule has 1 heterocycles. The number of rotatable bonds is 4. The van der Waals surface area contributed by atoms with Crippen LogP contribution in [0.1, 0.15) is 10.4 Å². The number of likely N-dealkylation sites (N-methyl/N-ethyl adjacent to an activating group) is 1. The average molecular weight is 232 g/mol. The Hall–Kier alpha value is -1.81. The zero-order valence-corrected chi connectivity index (χ0v) is 10.1. The van der Waals surface area contributed by atoms with Crippen molar-refractivity contribution in [1.29, 1.82) is 0 Å². The summed E-state index contributed by atoms with van der Waals surface area (Å²) in [5.74, 6) is -0.882. The van der Waals surface area contributed by atoms with Gasteiger partial charge in [0.25, 0.3) is 0 Å². The molecule has 2 aromatic rings. The number of carbonyl (C=O) groups is 1. The number of hydrogen-bond acceptors (Lipinski definition) is 2. The van der Waals surface area contributed by atoms with Crippen LogP contribution in [0.4, 0.5) is 0 Å². The van der Waals surface area contributed by atoms with E-state index in [1.165, 1.54) is 0 Å². The van der Waals surface area contributed by atoms with E-state index in [0.29, 0.717) is 5.56 Å². The van der Waals surface area contributed by atoms with E-state index in [0.717, 1.165) is 23.9 Å². The van der Waals surface area contributed by atoms with Crippen molar-refractivity contribution >= 4 is 16.7 Å². The van der Waals surface area contributed by atoms with Crippen molar-refractivity contribution in [2.45, 2.75) is 6.54 Å². The standard InChI is InChI=1S/C13H16N2O2/c1-14(2)5-6-15-8-11-4-3-10(13(16)17)7-12(11)9-15/h3-4,7-9H,5-6H2,1-2H3,(H,16,17). The molecule has 0 unspecified atom stereocenters. The predicted molar refractivity (Wildman–Crippen MR) is 67.5 cm³/mol. The maximum Gasteiger partial charge on any atom is 0.335 e. The van der Waals surface area contributed by atoms with E-state index in [2.05, 4.69) is 9.47 Å². The molecular formula is C13H16N2O2. The lowest BCUT2D eigenvalue weighted by Crippen LogP contribution is -2.17. The highest BCUT2D eigenvalue weighted by Crippen LogP contribution is 2.17. The normalized spacial score (nSPS) is 11.2. The summed E-state index contributed by atoms with van der Waals surface area (Å²) >= 11 is 0. The van der Waals surface area contributed by atoms with Gasteiger partial charge in [0.05, 0.1) is 5.56 Å². The van der Waals surface area contributed by atoms with Gasteiger partial charge in [0.1, 0.15) is 0 Å². The highest BCUT2D eigenvalue weighted by molar-refractivity contribution is 5.94. The second kappa shape index (κ2) is 4.59. The van der Waals surface area contributed by atoms with Gasteiger partial charge in [0.2, 0.25) is 0 Å². The monoisotopic (exact) mass is 232 g/mol. The van der Waals surface area contributed by atoms with Crippen LogP contribution in [-0.2, 0) is 6.54 Å². The van der Waals surface area contributed by atoms with Gasteiger partial charge >= 0.3 is 5.97 Å². The summed E-state index contributed by atoms with van der Waals surface area (Å²) in [4.78, 5) is 13.0. The first kappa shape index (κ1) is 11.7. The minimum absolute atomic E-state index is 0.336. The second-order valence-electron chi connectivity index (χ2n) is 4.45. The van der Waals surface area contributed by atoms with Gasteiger partial charge in [0, 0.05) is 30.9 Å². The SMILES string of the molecule is CN(C)CCn1cc2ccc(C(=O)O)cc2c1. The van der Waals surface area contributed by atoms with Crippen LogP contribution in [0.2, 0.25) is 0 Å². The Morgan fingerprint density at radius 1 is 1.29 bits per heavy atom. The fourth-order valence-corrected chi connectivity index (χ4v) is 1.78. The molecule has 17 heavy (non-hydrogen) atoms. The van der Waals surface area contributed by atoms with Crippen LogP contribution in [0.5, 0.6) is 0 Å². The molecule has 1 N–H and O–H groups in total. The van der Waals surface area contributed by atoms with Gasteiger partial charge in [0.15, 0.2) is 0 Å². The minimum atomic E-state index is -0.882. The molecule has 0 saturated carbocycles. The number of nitrogens with zero attached hydrogens (tertiary/aromatic N) is 2. The number of benzene rings is 1. The van der Waals surface area contributed by atoms with Crippen LogP contribution in [-0.4, -0.2) is 41.2 Å². The Balaban J connectivity index is 2.27. The van der Waals surface area contributed by atoms with Crippen LogP contribution < -0.4 is 0 Å². The molecule has 2 rings (SSSR count). The van der Waals surface area contributed by atoms with Gasteiger partial charge in [-0.05, 0) is 31.6 Å². The largest absolute Gasteiger partial charge is 0.478 e. The molecule has 0 radical (unpaired) electrons. The van der Waals surface area contributed by atoms with Crippen molar-refractivity contribution in [2.75, 3.05) is 20.6 Å². The van der Waals surface area contributed by atoms with E-state index in [9.17, 15) is 4.79 Å². The minimum Gasteiger partial charge on any atom is -0.478 e. The lowest BCUT2D eigenvalue weighted by atomic mass is 10.1. The average Bonchev–Trinajstić information content (AvgIpc) is 2.67. The molecule has 0 fully saturated rings. The van der Waals surface area contributed by atoms with E-state index in [1.54, 1.807) is 12.1 Å². The van der Waals surface area contributed by atoms with Gasteiger partial charge in [-0.1, -0.05) is 6.07 Å². The zero-order chi connectivity index (χ0) is 12.4. The molecule has 4 heteroatoms. The first-order valence-electron chi connectivity index (χ1n) is 5.54. The van der Waals surface area contributed by atoms with Crippen LogP contribution >= 0.6 is 0 Å². The summed E-state index contributed by atoms with van der Waals surface area (Å²) in [7, 11) is 4.07. The highest BCUT2D eigenvalue weighted by Gasteiger charge is 2.05. The molecule has 0 aliphatic heterocycles. The third kappa shape index (κ3) is 2.65. The molecule has 0 bridgehead atoms. The van der Waals surface area contributed by atoms with Crippen molar-refractivity contribution in [2.24, 2.45) is 0 Å². The number of aromatic nitrogens is 1. The molecule has 0 spiro atoms. The fourth-order valence-electron chi connectivity index (χ4n) is 1.78. The van der Waals surface area contributed by atoms with Gasteiger partial charge in [-0.3, -0.25) is 0 Å². The number of fused-ring (bicyclic) bond motifs is 1. The van der Waals surface area contributed by atoms with Crippen molar-refractivity contribution < 1.29 is 9.90 Å². The van der Waals surface area contributed by atoms with Gasteiger partial charge in [-0.15, -0.1) is 0 Å². The van der Waals surface area contributed by atoms with Gasteiger partial charge in [-0.2, -0.15) is 0 Å². The van der Waals surface area contributed by atoms with E-state index < -0.39 is 5.97 Å². The van der Waals surface area contributed by atoms with Gasteiger partial charge < -0.3 is 14.6 Å². The van der Waals surface area contributed by atoms with Crippen LogP contribution in [0.3, 0.4) is 0 Å². The first-order valence-corrected chi connectivity index (χ1v) is 5.54. The predicted octanol–water partition coefficient (Wildman–Crippen LogP) is 1.90. The van der Waals surface area contributed by atoms with E-state index in [1.807, 2.05) is 32.6 Å². The van der Waals surface area contributed by atoms with Crippen molar-refractivity contribution in [3.05, 3.63) is 36.2 Å². The Bertz CT molecular complexity index is 543. The van der Waals surface area contributed by atoms with Crippen molar-refractivity contribution in [1.82, 2.24) is 9.47 Å². The lowest BCUT2D eigenvalue weighted by Gasteiger charge is -2.09. The number of carboxylic acids is 1. The third-order valence-electron chi connectivity index (χ3n) is 2.75. The summed E-state index contributed by atoms with van der Waals surface area (Å²) < 4.78 is 2.09. The quantitative estimate of drug-likeness (QED) is 0.875. The Morgan fingerprint density at radius 3 is 2.65 bits per heavy atom. The van der Waals surface area contributed by atoms with Crippen molar-refractivity contribution in [3.8, 4) is 0 Å². The molecule has 0 amide bonds. The highest BCUT2D eigenvalue weighted by atomic mass is 16.4. The molecule has 0 aliphatic carbocycles. The maximum absolute atomic E-state index is 10.9. The molecular weight excluding hydrogens is 216 g/mol. The molecule has 90 valence electrons. The van der Waals surface area contributed by atoms with Crippen molar-refractivity contribution in [3.63, 3.8) is 0 Å². The fraction of sp³-hybridized carbons (Fsp3) is 0.308. The molecule has 0 atom stereocenters. The maximum atomic E-state index is 10.9. The summed E-state index contributed by atoms with van der Waals surface area (Å²) in [6.07, 6.45) is 4.04. The van der Waals surface area contributed by atoms with Crippen LogP contribution in [0.15, 0.2) is 30.6 Å². The molecule has 0 saturated heterocycles. The van der Waals surface area contributed by atoms with Crippen LogP contribution in [0.25, 0.3) is 10.8 Å². The Kier molecular flexibility index (Phi) is 3.15. The van der Waals surface area contributed by atoms with E-state index >= 15 is 0 Å². The number of carboxylic acid groups (broad SMARTS) is 1. The summed E-state index contributed by atoms with van der Waals surface area (Å²) in [6.45, 7) is 1.87. The number of aromatic carboxylic acids is 1. The summed E-state index contributed by atoms with van der Waals surface area (Å²) in [6, 6.07) is 5.20. The zero-order valence-electron chi connectivity index (χ0n) is 10.1. The second-order valence-corrected chi connectivity index (χ2v) is 4.45. The lowest BCUT2D eigenvalue weighted by molar-refractivity contribution is 0.0697. The molecule has 1 aromatic heterocycles. The summed E-state index contributed by atoms with van der Waals surface area (Å²) in [5.41, 5.74) is 0.336. The molecule has 4 nitrogen and oxygen atoms in total.